The molecule has 1 fully saturated rings. The predicted molar refractivity (Wildman–Crippen MR) is 127 cm³/mol. The number of rotatable bonds is 8. The van der Waals surface area contributed by atoms with Gasteiger partial charge in [0.05, 0.1) is 11.9 Å². The summed E-state index contributed by atoms with van der Waals surface area (Å²) in [5.74, 6) is 0.228. The standard InChI is InChI=1S/C25H35N5O2/c1-2-12-30-24(31)17-23(18-27-30)29-15-9-21(10-16-29)25(32)26-11-5-13-28-14-8-20-6-3-4-7-22(20)19-28/h3-4,6-7,17-18,21H,2,5,8-16,19H2,1H3,(H,26,32). The quantitative estimate of drug-likeness (QED) is 0.643. The lowest BCUT2D eigenvalue weighted by atomic mass is 9.95. The Morgan fingerprint density at radius 2 is 1.91 bits per heavy atom. The van der Waals surface area contributed by atoms with Crippen LogP contribution in [0.1, 0.15) is 43.7 Å². The molecular weight excluding hydrogens is 402 g/mol. The average Bonchev–Trinajstić information content (AvgIpc) is 2.83. The first-order valence-corrected chi connectivity index (χ1v) is 12.0. The van der Waals surface area contributed by atoms with Crippen LogP contribution in [0.3, 0.4) is 0 Å². The molecule has 0 saturated carbocycles. The van der Waals surface area contributed by atoms with Crippen molar-refractivity contribution in [3.05, 3.63) is 58.0 Å². The van der Waals surface area contributed by atoms with E-state index in [2.05, 4.69) is 44.5 Å². The number of anilines is 1. The van der Waals surface area contributed by atoms with Crippen LogP contribution in [-0.4, -0.2) is 53.3 Å². The van der Waals surface area contributed by atoms with Gasteiger partial charge in [-0.2, -0.15) is 5.10 Å². The summed E-state index contributed by atoms with van der Waals surface area (Å²) in [6.07, 6.45) is 6.38. The first kappa shape index (κ1) is 22.5. The molecule has 1 aromatic carbocycles. The van der Waals surface area contributed by atoms with E-state index in [0.29, 0.717) is 6.54 Å². The highest BCUT2D eigenvalue weighted by Crippen LogP contribution is 2.22. The van der Waals surface area contributed by atoms with Crippen molar-refractivity contribution in [1.29, 1.82) is 0 Å². The van der Waals surface area contributed by atoms with Crippen LogP contribution < -0.4 is 15.8 Å². The second kappa shape index (κ2) is 10.8. The maximum atomic E-state index is 12.6. The SMILES string of the molecule is CCCn1ncc(N2CCC(C(=O)NCCCN3CCc4ccccc4C3)CC2)cc1=O. The lowest BCUT2D eigenvalue weighted by Gasteiger charge is -2.32. The Balaban J connectivity index is 1.16. The molecule has 0 unspecified atom stereocenters. The fraction of sp³-hybridized carbons (Fsp3) is 0.560. The normalized spacial score (nSPS) is 17.2. The van der Waals surface area contributed by atoms with E-state index >= 15 is 0 Å². The van der Waals surface area contributed by atoms with Crippen molar-refractivity contribution in [2.24, 2.45) is 5.92 Å². The Bertz CT molecular complexity index is 965. The van der Waals surface area contributed by atoms with Gasteiger partial charge in [-0.3, -0.25) is 14.5 Å². The van der Waals surface area contributed by atoms with Crippen molar-refractivity contribution in [2.75, 3.05) is 37.6 Å². The zero-order chi connectivity index (χ0) is 22.3. The van der Waals surface area contributed by atoms with Crippen LogP contribution in [0.25, 0.3) is 0 Å². The fourth-order valence-corrected chi connectivity index (χ4v) is 4.78. The van der Waals surface area contributed by atoms with Crippen molar-refractivity contribution in [3.63, 3.8) is 0 Å². The summed E-state index contributed by atoms with van der Waals surface area (Å²) in [5.41, 5.74) is 3.72. The molecule has 3 heterocycles. The second-order valence-corrected chi connectivity index (χ2v) is 8.98. The lowest BCUT2D eigenvalue weighted by Crippen LogP contribution is -2.41. The second-order valence-electron chi connectivity index (χ2n) is 8.98. The number of fused-ring (bicyclic) bond motifs is 1. The van der Waals surface area contributed by atoms with Crippen molar-refractivity contribution in [1.82, 2.24) is 20.0 Å². The van der Waals surface area contributed by atoms with E-state index in [4.69, 9.17) is 0 Å². The van der Waals surface area contributed by atoms with Crippen LogP contribution >= 0.6 is 0 Å². The molecule has 2 aliphatic rings. The van der Waals surface area contributed by atoms with Crippen molar-refractivity contribution < 1.29 is 4.79 Å². The Hall–Kier alpha value is -2.67. The zero-order valence-corrected chi connectivity index (χ0v) is 19.1. The van der Waals surface area contributed by atoms with Gasteiger partial charge in [0.1, 0.15) is 0 Å². The molecular formula is C25H35N5O2. The average molecular weight is 438 g/mol. The number of nitrogens with zero attached hydrogens (tertiary/aromatic N) is 4. The third-order valence-electron chi connectivity index (χ3n) is 6.68. The molecule has 172 valence electrons. The van der Waals surface area contributed by atoms with Gasteiger partial charge in [-0.1, -0.05) is 31.2 Å². The molecule has 1 saturated heterocycles. The number of hydrogen-bond acceptors (Lipinski definition) is 5. The van der Waals surface area contributed by atoms with Crippen molar-refractivity contribution in [2.45, 2.75) is 52.1 Å². The summed E-state index contributed by atoms with van der Waals surface area (Å²) < 4.78 is 1.51. The summed E-state index contributed by atoms with van der Waals surface area (Å²) in [5, 5.41) is 7.42. The van der Waals surface area contributed by atoms with Crippen LogP contribution in [0.5, 0.6) is 0 Å². The summed E-state index contributed by atoms with van der Waals surface area (Å²) in [6.45, 7) is 8.10. The van der Waals surface area contributed by atoms with Crippen LogP contribution in [0, 0.1) is 5.92 Å². The first-order chi connectivity index (χ1) is 15.6. The molecule has 1 N–H and O–H groups in total. The Labute approximate surface area is 190 Å². The van der Waals surface area contributed by atoms with Crippen LogP contribution in [0.4, 0.5) is 5.69 Å². The number of benzene rings is 1. The minimum Gasteiger partial charge on any atom is -0.370 e. The Morgan fingerprint density at radius 3 is 2.66 bits per heavy atom. The third kappa shape index (κ3) is 5.57. The van der Waals surface area contributed by atoms with E-state index in [1.807, 2.05) is 6.92 Å². The van der Waals surface area contributed by atoms with Crippen LogP contribution in [0.15, 0.2) is 41.3 Å². The van der Waals surface area contributed by atoms with E-state index < -0.39 is 0 Å². The summed E-state index contributed by atoms with van der Waals surface area (Å²) >= 11 is 0. The molecule has 0 aliphatic carbocycles. The van der Waals surface area contributed by atoms with Gasteiger partial charge in [-0.05, 0) is 43.2 Å². The van der Waals surface area contributed by atoms with Crippen LogP contribution in [-0.2, 0) is 24.3 Å². The van der Waals surface area contributed by atoms with Gasteiger partial charge in [-0.15, -0.1) is 0 Å². The van der Waals surface area contributed by atoms with E-state index in [0.717, 1.165) is 77.1 Å². The molecule has 2 aromatic rings. The fourth-order valence-electron chi connectivity index (χ4n) is 4.78. The molecule has 0 atom stereocenters. The monoisotopic (exact) mass is 437 g/mol. The van der Waals surface area contributed by atoms with Gasteiger partial charge in [0.15, 0.2) is 0 Å². The van der Waals surface area contributed by atoms with Crippen LogP contribution in [0.2, 0.25) is 0 Å². The number of aryl methyl sites for hydroxylation is 1. The number of piperidine rings is 1. The molecule has 7 nitrogen and oxygen atoms in total. The molecule has 4 rings (SSSR count). The number of amides is 1. The molecule has 2 aliphatic heterocycles. The Morgan fingerprint density at radius 1 is 1.12 bits per heavy atom. The summed E-state index contributed by atoms with van der Waals surface area (Å²) in [7, 11) is 0. The minimum atomic E-state index is -0.0542. The first-order valence-electron chi connectivity index (χ1n) is 12.0. The highest BCUT2D eigenvalue weighted by atomic mass is 16.2. The molecule has 0 bridgehead atoms. The summed E-state index contributed by atoms with van der Waals surface area (Å²) in [4.78, 5) is 29.4. The van der Waals surface area contributed by atoms with Crippen molar-refractivity contribution >= 4 is 11.6 Å². The minimum absolute atomic E-state index is 0.0542. The Kier molecular flexibility index (Phi) is 7.58. The lowest BCUT2D eigenvalue weighted by molar-refractivity contribution is -0.125. The molecule has 0 spiro atoms. The van der Waals surface area contributed by atoms with Gasteiger partial charge in [0.2, 0.25) is 5.91 Å². The van der Waals surface area contributed by atoms with E-state index in [1.165, 1.54) is 15.8 Å². The maximum Gasteiger partial charge on any atom is 0.268 e. The van der Waals surface area contributed by atoms with E-state index in [-0.39, 0.29) is 17.4 Å². The molecule has 7 heteroatoms. The highest BCUT2D eigenvalue weighted by Gasteiger charge is 2.25. The number of carbonyl (C=O) groups excluding carboxylic acids is 1. The number of nitrogens with one attached hydrogen (secondary N) is 1. The number of hydrogen-bond donors (Lipinski definition) is 1. The molecule has 1 amide bonds. The van der Waals surface area contributed by atoms with Gasteiger partial charge < -0.3 is 10.2 Å². The molecule has 1 aromatic heterocycles. The number of carbonyl (C=O) groups is 1. The van der Waals surface area contributed by atoms with Gasteiger partial charge >= 0.3 is 0 Å². The smallest absolute Gasteiger partial charge is 0.268 e. The van der Waals surface area contributed by atoms with Gasteiger partial charge in [0.25, 0.3) is 5.56 Å². The maximum absolute atomic E-state index is 12.6. The predicted octanol–water partition coefficient (Wildman–Crippen LogP) is 2.43. The van der Waals surface area contributed by atoms with E-state index in [9.17, 15) is 9.59 Å². The van der Waals surface area contributed by atoms with Crippen molar-refractivity contribution in [3.8, 4) is 0 Å². The zero-order valence-electron chi connectivity index (χ0n) is 19.1. The van der Waals surface area contributed by atoms with Gasteiger partial charge in [-0.25, -0.2) is 4.68 Å². The largest absolute Gasteiger partial charge is 0.370 e. The summed E-state index contributed by atoms with van der Waals surface area (Å²) in [6, 6.07) is 10.4. The molecule has 32 heavy (non-hydrogen) atoms. The topological polar surface area (TPSA) is 70.5 Å². The highest BCUT2D eigenvalue weighted by molar-refractivity contribution is 5.78. The van der Waals surface area contributed by atoms with Gasteiger partial charge in [0, 0.05) is 57.8 Å². The molecule has 0 radical (unpaired) electrons. The van der Waals surface area contributed by atoms with E-state index in [1.54, 1.807) is 12.3 Å². The third-order valence-corrected chi connectivity index (χ3v) is 6.68. The number of aromatic nitrogens is 2.